The van der Waals surface area contributed by atoms with Crippen LogP contribution in [0.4, 0.5) is 5.69 Å². The molecule has 1 fully saturated rings. The number of carbonyl (C=O) groups is 1. The molecule has 3 aliphatic carbocycles. The number of hydrogen-bond acceptors (Lipinski definition) is 4. The third-order valence-electron chi connectivity index (χ3n) is 6.62. The van der Waals surface area contributed by atoms with Crippen LogP contribution in [0.5, 0.6) is 0 Å². The molecule has 3 aliphatic rings. The van der Waals surface area contributed by atoms with Gasteiger partial charge in [0.2, 0.25) is 5.91 Å². The second kappa shape index (κ2) is 6.40. The van der Waals surface area contributed by atoms with Crippen molar-refractivity contribution in [3.05, 3.63) is 23.5 Å². The monoisotopic (exact) mass is 392 g/mol. The average molecular weight is 393 g/mol. The molecule has 1 saturated carbocycles. The molecule has 3 heterocycles. The van der Waals surface area contributed by atoms with Crippen molar-refractivity contribution in [3.8, 4) is 11.5 Å². The SMILES string of the molecule is CC(C)CCC(=O)N(C)c1cnc2nc(-c3n[nH]c4c3[C@H]3C[C@@](C)(C4)C3)[nH]c2c1. The number of H-pyrrole nitrogens is 2. The Labute approximate surface area is 170 Å². The van der Waals surface area contributed by atoms with Gasteiger partial charge in [-0.15, -0.1) is 0 Å². The number of amides is 1. The van der Waals surface area contributed by atoms with Gasteiger partial charge in [0.1, 0.15) is 5.69 Å². The third-order valence-corrected chi connectivity index (χ3v) is 6.62. The lowest BCUT2D eigenvalue weighted by Crippen LogP contribution is -2.40. The fraction of sp³-hybridized carbons (Fsp3) is 0.545. The summed E-state index contributed by atoms with van der Waals surface area (Å²) >= 11 is 0. The van der Waals surface area contributed by atoms with Crippen molar-refractivity contribution in [2.24, 2.45) is 11.3 Å². The Morgan fingerprint density at radius 2 is 2.17 bits per heavy atom. The Morgan fingerprint density at radius 3 is 2.93 bits per heavy atom. The molecule has 2 bridgehead atoms. The molecule has 3 aromatic rings. The van der Waals surface area contributed by atoms with Gasteiger partial charge in [-0.05, 0) is 49.0 Å². The number of pyridine rings is 1. The first-order chi connectivity index (χ1) is 13.8. The van der Waals surface area contributed by atoms with E-state index in [0.717, 1.165) is 35.6 Å². The molecule has 1 amide bonds. The predicted molar refractivity (Wildman–Crippen MR) is 113 cm³/mol. The Balaban J connectivity index is 1.43. The van der Waals surface area contributed by atoms with Crippen molar-refractivity contribution >= 4 is 22.8 Å². The Morgan fingerprint density at radius 1 is 1.38 bits per heavy atom. The van der Waals surface area contributed by atoms with E-state index in [4.69, 9.17) is 0 Å². The van der Waals surface area contributed by atoms with E-state index < -0.39 is 0 Å². The van der Waals surface area contributed by atoms with Crippen molar-refractivity contribution in [1.29, 1.82) is 0 Å². The highest BCUT2D eigenvalue weighted by atomic mass is 16.2. The van der Waals surface area contributed by atoms with Crippen LogP contribution in [0.3, 0.4) is 0 Å². The minimum atomic E-state index is 0.106. The zero-order valence-corrected chi connectivity index (χ0v) is 17.5. The lowest BCUT2D eigenvalue weighted by molar-refractivity contribution is -0.118. The predicted octanol–water partition coefficient (Wildman–Crippen LogP) is 4.19. The van der Waals surface area contributed by atoms with Gasteiger partial charge in [0.25, 0.3) is 0 Å². The number of carbonyl (C=O) groups excluding carboxylic acids is 1. The highest BCUT2D eigenvalue weighted by Crippen LogP contribution is 2.59. The molecule has 2 N–H and O–H groups in total. The van der Waals surface area contributed by atoms with Gasteiger partial charge >= 0.3 is 0 Å². The molecule has 6 rings (SSSR count). The number of hydrogen-bond donors (Lipinski definition) is 2. The van der Waals surface area contributed by atoms with Crippen LogP contribution in [0.15, 0.2) is 12.3 Å². The van der Waals surface area contributed by atoms with E-state index in [1.54, 1.807) is 18.1 Å². The molecule has 0 aliphatic heterocycles. The summed E-state index contributed by atoms with van der Waals surface area (Å²) in [6, 6.07) is 1.95. The van der Waals surface area contributed by atoms with Gasteiger partial charge in [-0.25, -0.2) is 9.97 Å². The first-order valence-electron chi connectivity index (χ1n) is 10.5. The van der Waals surface area contributed by atoms with E-state index in [9.17, 15) is 4.79 Å². The van der Waals surface area contributed by atoms with Gasteiger partial charge in [0.15, 0.2) is 11.5 Å². The standard InChI is InChI=1S/C22H28N6O/c1-12(2)5-6-17(29)28(4)14-7-15-20(23-11-14)25-21(24-15)19-18-13-8-22(3,9-13)10-16(18)26-27-19/h7,11-13H,5-6,8-10H2,1-4H3,(H,26,27)(H,23,24,25)/t13-,22+. The first kappa shape index (κ1) is 18.3. The van der Waals surface area contributed by atoms with Crippen LogP contribution in [-0.2, 0) is 11.2 Å². The van der Waals surface area contributed by atoms with Gasteiger partial charge in [-0.2, -0.15) is 5.10 Å². The fourth-order valence-corrected chi connectivity index (χ4v) is 4.96. The zero-order valence-electron chi connectivity index (χ0n) is 17.5. The topological polar surface area (TPSA) is 90.6 Å². The molecule has 152 valence electrons. The summed E-state index contributed by atoms with van der Waals surface area (Å²) in [6.45, 7) is 6.62. The van der Waals surface area contributed by atoms with Crippen LogP contribution >= 0.6 is 0 Å². The lowest BCUT2D eigenvalue weighted by Gasteiger charge is -2.50. The van der Waals surface area contributed by atoms with Crippen LogP contribution in [0.2, 0.25) is 0 Å². The zero-order chi connectivity index (χ0) is 20.3. The van der Waals surface area contributed by atoms with Crippen LogP contribution in [0.25, 0.3) is 22.7 Å². The van der Waals surface area contributed by atoms with E-state index >= 15 is 0 Å². The molecule has 0 atom stereocenters. The maximum Gasteiger partial charge on any atom is 0.226 e. The number of imidazole rings is 1. The second-order valence-corrected chi connectivity index (χ2v) is 9.59. The molecule has 0 saturated heterocycles. The molecule has 29 heavy (non-hydrogen) atoms. The largest absolute Gasteiger partial charge is 0.335 e. The van der Waals surface area contributed by atoms with Crippen molar-refractivity contribution in [3.63, 3.8) is 0 Å². The number of aromatic amines is 2. The van der Waals surface area contributed by atoms with E-state index in [0.29, 0.717) is 29.3 Å². The highest BCUT2D eigenvalue weighted by Gasteiger charge is 2.48. The summed E-state index contributed by atoms with van der Waals surface area (Å²) in [5.41, 5.74) is 6.21. The minimum Gasteiger partial charge on any atom is -0.335 e. The summed E-state index contributed by atoms with van der Waals surface area (Å²) < 4.78 is 0. The third kappa shape index (κ3) is 3.03. The Hall–Kier alpha value is -2.70. The van der Waals surface area contributed by atoms with E-state index in [1.165, 1.54) is 24.1 Å². The van der Waals surface area contributed by atoms with Crippen LogP contribution in [0.1, 0.15) is 63.6 Å². The van der Waals surface area contributed by atoms with Crippen molar-refractivity contribution in [2.45, 2.75) is 58.8 Å². The smallest absolute Gasteiger partial charge is 0.226 e. The molecule has 0 spiro atoms. The number of nitrogens with one attached hydrogen (secondary N) is 2. The molecule has 0 radical (unpaired) electrons. The molecule has 7 nitrogen and oxygen atoms in total. The van der Waals surface area contributed by atoms with Gasteiger partial charge in [0.05, 0.1) is 17.4 Å². The van der Waals surface area contributed by atoms with Gasteiger partial charge in [-0.3, -0.25) is 9.89 Å². The normalized spacial score (nSPS) is 22.6. The molecule has 3 aromatic heterocycles. The van der Waals surface area contributed by atoms with E-state index in [2.05, 4.69) is 45.9 Å². The highest BCUT2D eigenvalue weighted by molar-refractivity contribution is 5.94. The number of anilines is 1. The minimum absolute atomic E-state index is 0.106. The molecule has 0 aromatic carbocycles. The molecule has 0 unspecified atom stereocenters. The summed E-state index contributed by atoms with van der Waals surface area (Å²) in [6.07, 6.45) is 6.68. The molecular formula is C22H28N6O. The maximum absolute atomic E-state index is 12.5. The lowest BCUT2D eigenvalue weighted by atomic mass is 9.54. The summed E-state index contributed by atoms with van der Waals surface area (Å²) in [7, 11) is 1.81. The van der Waals surface area contributed by atoms with Crippen LogP contribution < -0.4 is 4.90 Å². The van der Waals surface area contributed by atoms with E-state index in [-0.39, 0.29) is 5.91 Å². The quantitative estimate of drug-likeness (QED) is 0.681. The second-order valence-electron chi connectivity index (χ2n) is 9.59. The van der Waals surface area contributed by atoms with Gasteiger partial charge in [-0.1, -0.05) is 20.8 Å². The molecule has 7 heteroatoms. The summed E-state index contributed by atoms with van der Waals surface area (Å²) in [4.78, 5) is 26.7. The average Bonchev–Trinajstić information content (AvgIpc) is 3.27. The molecular weight excluding hydrogens is 364 g/mol. The fourth-order valence-electron chi connectivity index (χ4n) is 4.96. The number of nitrogens with zero attached hydrogens (tertiary/aromatic N) is 4. The van der Waals surface area contributed by atoms with Gasteiger partial charge < -0.3 is 9.88 Å². The van der Waals surface area contributed by atoms with Gasteiger partial charge in [0, 0.05) is 24.7 Å². The van der Waals surface area contributed by atoms with Crippen LogP contribution in [-0.4, -0.2) is 38.1 Å². The maximum atomic E-state index is 12.5. The Bertz CT molecular complexity index is 1090. The van der Waals surface area contributed by atoms with Crippen LogP contribution in [0, 0.1) is 11.3 Å². The van der Waals surface area contributed by atoms with E-state index in [1.807, 2.05) is 6.07 Å². The number of aromatic nitrogens is 5. The van der Waals surface area contributed by atoms with Crippen molar-refractivity contribution in [1.82, 2.24) is 25.1 Å². The van der Waals surface area contributed by atoms with Crippen molar-refractivity contribution < 1.29 is 4.79 Å². The Kier molecular flexibility index (Phi) is 4.05. The first-order valence-corrected chi connectivity index (χ1v) is 10.5. The number of fused-ring (bicyclic) bond motifs is 1. The summed E-state index contributed by atoms with van der Waals surface area (Å²) in [5, 5.41) is 7.83. The summed E-state index contributed by atoms with van der Waals surface area (Å²) in [5.74, 6) is 1.95. The number of rotatable bonds is 5. The van der Waals surface area contributed by atoms with Crippen molar-refractivity contribution in [2.75, 3.05) is 11.9 Å².